The van der Waals surface area contributed by atoms with E-state index in [2.05, 4.69) is 24.5 Å². The van der Waals surface area contributed by atoms with Gasteiger partial charge in [0, 0.05) is 6.04 Å². The zero-order chi connectivity index (χ0) is 6.27. The van der Waals surface area contributed by atoms with Crippen LogP contribution in [-0.2, 0) is 0 Å². The molecule has 1 saturated carbocycles. The fourth-order valence-corrected chi connectivity index (χ4v) is 2.02. The molecule has 2 rings (SSSR count). The minimum Gasteiger partial charge on any atom is -0.316 e. The predicted octanol–water partition coefficient (Wildman–Crippen LogP) is 1.17. The maximum atomic E-state index is 3.34. The van der Waals surface area contributed by atoms with Gasteiger partial charge in [-0.3, -0.25) is 0 Å². The molecule has 2 aliphatic carbocycles. The molecule has 0 radical (unpaired) electrons. The maximum Gasteiger partial charge on any atom is 0.0133 e. The zero-order valence-corrected chi connectivity index (χ0v) is 5.80. The summed E-state index contributed by atoms with van der Waals surface area (Å²) in [6.45, 7) is 0. The number of nitrogens with one attached hydrogen (secondary N) is 1. The van der Waals surface area contributed by atoms with Crippen molar-refractivity contribution in [2.24, 2.45) is 11.8 Å². The van der Waals surface area contributed by atoms with Gasteiger partial charge in [-0.25, -0.2) is 0 Å². The Morgan fingerprint density at radius 3 is 2.22 bits per heavy atom. The van der Waals surface area contributed by atoms with Crippen LogP contribution in [0, 0.1) is 11.8 Å². The molecule has 50 valence electrons. The van der Waals surface area contributed by atoms with Gasteiger partial charge in [0.2, 0.25) is 0 Å². The lowest BCUT2D eigenvalue weighted by atomic mass is 10.1. The summed E-state index contributed by atoms with van der Waals surface area (Å²) in [5.41, 5.74) is 0. The van der Waals surface area contributed by atoms with Gasteiger partial charge >= 0.3 is 0 Å². The monoisotopic (exact) mass is 123 g/mol. The third-order valence-electron chi connectivity index (χ3n) is 2.65. The van der Waals surface area contributed by atoms with Crippen molar-refractivity contribution in [2.75, 3.05) is 7.05 Å². The van der Waals surface area contributed by atoms with Crippen LogP contribution in [0.2, 0.25) is 0 Å². The molecule has 0 aromatic heterocycles. The van der Waals surface area contributed by atoms with Crippen molar-refractivity contribution in [2.45, 2.75) is 18.9 Å². The summed E-state index contributed by atoms with van der Waals surface area (Å²) in [7, 11) is 2.07. The number of rotatable bonds is 1. The fraction of sp³-hybridized carbons (Fsp3) is 0.750. The molecule has 0 saturated heterocycles. The summed E-state index contributed by atoms with van der Waals surface area (Å²) in [5, 5.41) is 3.34. The van der Waals surface area contributed by atoms with E-state index in [1.807, 2.05) is 0 Å². The van der Waals surface area contributed by atoms with Crippen molar-refractivity contribution in [1.29, 1.82) is 0 Å². The van der Waals surface area contributed by atoms with Crippen LogP contribution in [0.15, 0.2) is 12.2 Å². The Kier molecular flexibility index (Phi) is 1.12. The van der Waals surface area contributed by atoms with E-state index >= 15 is 0 Å². The van der Waals surface area contributed by atoms with E-state index in [1.54, 1.807) is 0 Å². The molecular weight excluding hydrogens is 110 g/mol. The van der Waals surface area contributed by atoms with E-state index in [9.17, 15) is 0 Å². The highest BCUT2D eigenvalue weighted by molar-refractivity contribution is 5.12. The molecule has 1 N–H and O–H groups in total. The van der Waals surface area contributed by atoms with Crippen LogP contribution in [0.5, 0.6) is 0 Å². The molecule has 1 nitrogen and oxygen atoms in total. The Balaban J connectivity index is 1.98. The Hall–Kier alpha value is -0.300. The van der Waals surface area contributed by atoms with Crippen LogP contribution in [-0.4, -0.2) is 13.1 Å². The Labute approximate surface area is 56.1 Å². The van der Waals surface area contributed by atoms with Crippen molar-refractivity contribution in [1.82, 2.24) is 5.32 Å². The molecule has 9 heavy (non-hydrogen) atoms. The lowest BCUT2D eigenvalue weighted by molar-refractivity contribution is 0.689. The number of hydrogen-bond acceptors (Lipinski definition) is 1. The lowest BCUT2D eigenvalue weighted by Crippen LogP contribution is -2.11. The number of hydrogen-bond donors (Lipinski definition) is 1. The van der Waals surface area contributed by atoms with Crippen LogP contribution in [0.1, 0.15) is 12.8 Å². The third-order valence-corrected chi connectivity index (χ3v) is 2.65. The molecule has 0 aromatic carbocycles. The van der Waals surface area contributed by atoms with Crippen LogP contribution < -0.4 is 5.32 Å². The lowest BCUT2D eigenvalue weighted by Gasteiger charge is -1.96. The van der Waals surface area contributed by atoms with Gasteiger partial charge in [-0.1, -0.05) is 12.2 Å². The first kappa shape index (κ1) is 5.48. The molecule has 2 unspecified atom stereocenters. The van der Waals surface area contributed by atoms with Gasteiger partial charge < -0.3 is 5.32 Å². The summed E-state index contributed by atoms with van der Waals surface area (Å²) in [5.74, 6) is 1.97. The molecule has 0 spiro atoms. The molecular formula is C8H13N. The van der Waals surface area contributed by atoms with E-state index in [-0.39, 0.29) is 0 Å². The zero-order valence-electron chi connectivity index (χ0n) is 5.80. The van der Waals surface area contributed by atoms with E-state index in [4.69, 9.17) is 0 Å². The summed E-state index contributed by atoms with van der Waals surface area (Å²) in [6.07, 6.45) is 7.27. The molecule has 1 fully saturated rings. The van der Waals surface area contributed by atoms with Gasteiger partial charge in [0.25, 0.3) is 0 Å². The SMILES string of the molecule is CNC1C2CC=CCC21. The van der Waals surface area contributed by atoms with E-state index in [1.165, 1.54) is 12.8 Å². The minimum absolute atomic E-state index is 0.847. The standard InChI is InChI=1S/C8H13N/c1-9-8-6-4-2-3-5-7(6)8/h2-3,6-9H,4-5H2,1H3. The molecule has 0 amide bonds. The first-order valence-electron chi connectivity index (χ1n) is 3.76. The average molecular weight is 123 g/mol. The molecule has 1 heteroatoms. The average Bonchev–Trinajstić information content (AvgIpc) is 2.60. The highest BCUT2D eigenvalue weighted by Gasteiger charge is 2.48. The maximum absolute atomic E-state index is 3.34. The van der Waals surface area contributed by atoms with Gasteiger partial charge in [0.05, 0.1) is 0 Å². The molecule has 2 aliphatic rings. The first-order valence-corrected chi connectivity index (χ1v) is 3.76. The summed E-state index contributed by atoms with van der Waals surface area (Å²) >= 11 is 0. The minimum atomic E-state index is 0.847. The number of allylic oxidation sites excluding steroid dienone is 2. The number of fused-ring (bicyclic) bond motifs is 1. The predicted molar refractivity (Wildman–Crippen MR) is 38.2 cm³/mol. The van der Waals surface area contributed by atoms with Gasteiger partial charge in [-0.2, -0.15) is 0 Å². The summed E-state index contributed by atoms with van der Waals surface area (Å²) in [6, 6.07) is 0.847. The van der Waals surface area contributed by atoms with Gasteiger partial charge in [-0.05, 0) is 31.7 Å². The normalized spacial score (nSPS) is 46.6. The molecule has 0 heterocycles. The molecule has 0 aliphatic heterocycles. The largest absolute Gasteiger partial charge is 0.316 e. The second-order valence-corrected chi connectivity index (χ2v) is 3.08. The first-order chi connectivity index (χ1) is 4.43. The second kappa shape index (κ2) is 1.84. The molecule has 0 bridgehead atoms. The third kappa shape index (κ3) is 0.715. The molecule has 2 atom stereocenters. The smallest absolute Gasteiger partial charge is 0.0133 e. The molecule has 0 aromatic rings. The Bertz CT molecular complexity index is 126. The van der Waals surface area contributed by atoms with E-state index in [0.29, 0.717) is 0 Å². The van der Waals surface area contributed by atoms with E-state index in [0.717, 1.165) is 17.9 Å². The van der Waals surface area contributed by atoms with Crippen LogP contribution in [0.4, 0.5) is 0 Å². The van der Waals surface area contributed by atoms with Crippen molar-refractivity contribution < 1.29 is 0 Å². The van der Waals surface area contributed by atoms with Crippen molar-refractivity contribution in [3.63, 3.8) is 0 Å². The van der Waals surface area contributed by atoms with E-state index < -0.39 is 0 Å². The van der Waals surface area contributed by atoms with Crippen LogP contribution in [0.3, 0.4) is 0 Å². The fourth-order valence-electron chi connectivity index (χ4n) is 2.02. The van der Waals surface area contributed by atoms with Gasteiger partial charge in [0.1, 0.15) is 0 Å². The Morgan fingerprint density at radius 1 is 1.22 bits per heavy atom. The Morgan fingerprint density at radius 2 is 1.78 bits per heavy atom. The van der Waals surface area contributed by atoms with Crippen molar-refractivity contribution in [3.05, 3.63) is 12.2 Å². The summed E-state index contributed by atoms with van der Waals surface area (Å²) < 4.78 is 0. The van der Waals surface area contributed by atoms with Crippen molar-refractivity contribution >= 4 is 0 Å². The summed E-state index contributed by atoms with van der Waals surface area (Å²) in [4.78, 5) is 0. The topological polar surface area (TPSA) is 12.0 Å². The van der Waals surface area contributed by atoms with Crippen LogP contribution >= 0.6 is 0 Å². The highest BCUT2D eigenvalue weighted by atomic mass is 15.0. The van der Waals surface area contributed by atoms with Gasteiger partial charge in [-0.15, -0.1) is 0 Å². The van der Waals surface area contributed by atoms with Crippen molar-refractivity contribution in [3.8, 4) is 0 Å². The van der Waals surface area contributed by atoms with Crippen LogP contribution in [0.25, 0.3) is 0 Å². The quantitative estimate of drug-likeness (QED) is 0.516. The van der Waals surface area contributed by atoms with Gasteiger partial charge in [0.15, 0.2) is 0 Å². The second-order valence-electron chi connectivity index (χ2n) is 3.08. The highest BCUT2D eigenvalue weighted by Crippen LogP contribution is 2.46.